The summed E-state index contributed by atoms with van der Waals surface area (Å²) in [5, 5.41) is 0. The van der Waals surface area contributed by atoms with Crippen LogP contribution in [0.1, 0.15) is 35.6 Å². The molecular weight excluding hydrogens is 826 g/mol. The molecule has 5 aromatic rings. The fourth-order valence-electron chi connectivity index (χ4n) is 5.31. The summed E-state index contributed by atoms with van der Waals surface area (Å²) >= 11 is 0. The first kappa shape index (κ1) is 44.5. The number of alkyl halides is 7. The summed E-state index contributed by atoms with van der Waals surface area (Å²) in [4.78, 5) is 33.8. The lowest BCUT2D eigenvalue weighted by Crippen LogP contribution is -2.40. The molecule has 1 fully saturated rings. The van der Waals surface area contributed by atoms with Crippen LogP contribution in [0, 0.1) is 17.5 Å². The van der Waals surface area contributed by atoms with E-state index in [2.05, 4.69) is 29.9 Å². The molecule has 1 saturated heterocycles. The van der Waals surface area contributed by atoms with E-state index in [0.29, 0.717) is 18.1 Å². The highest BCUT2D eigenvalue weighted by Crippen LogP contribution is 2.32. The maximum atomic E-state index is 14.3. The Hall–Kier alpha value is -5.19. The standard InChI is InChI=1S/C23H18F6N4O3S.C11H8F4N4.ClH/c24-13-1-4-16(5-2-13)37(35,36)33-12-14(25)7-20(33)21(34)6-3-15-8-17(18(26)9-30-15)19-10-32-22(11-31-19)23(27,28)29;12-8-3-17-6(2-16)1-7(8)9-4-19-10(5-18-9)11(13,14)15;/h1-2,4-5,8-11,14,20H,3,6-7,12H2;1,3-5H,2,16H2;1H/t14-,20+;;/m1../s1. The lowest BCUT2D eigenvalue weighted by molar-refractivity contribution is -0.142. The lowest BCUT2D eigenvalue weighted by atomic mass is 10.0. The molecule has 2 N–H and O–H groups in total. The molecule has 5 heterocycles. The summed E-state index contributed by atoms with van der Waals surface area (Å²) in [6.45, 7) is -0.455. The van der Waals surface area contributed by atoms with Gasteiger partial charge in [-0.15, -0.1) is 12.4 Å². The third kappa shape index (κ3) is 10.8. The van der Waals surface area contributed by atoms with Crippen molar-refractivity contribution in [2.24, 2.45) is 5.73 Å². The van der Waals surface area contributed by atoms with Crippen LogP contribution in [0.4, 0.5) is 43.9 Å². The van der Waals surface area contributed by atoms with Gasteiger partial charge in [0.05, 0.1) is 65.2 Å². The predicted molar refractivity (Wildman–Crippen MR) is 183 cm³/mol. The van der Waals surface area contributed by atoms with Gasteiger partial charge in [-0.05, 0) is 42.8 Å². The van der Waals surface area contributed by atoms with Crippen LogP contribution in [0.3, 0.4) is 0 Å². The molecule has 57 heavy (non-hydrogen) atoms. The quantitative estimate of drug-likeness (QED) is 0.158. The number of hydrogen-bond acceptors (Lipinski definition) is 10. The van der Waals surface area contributed by atoms with Gasteiger partial charge in [0.15, 0.2) is 28.8 Å². The van der Waals surface area contributed by atoms with Crippen molar-refractivity contribution < 1.29 is 57.1 Å². The number of carbonyl (C=O) groups excluding carboxylic acids is 1. The Balaban J connectivity index is 0.000000303. The SMILES string of the molecule is Cl.NCc1cc(-c2cnc(C(F)(F)F)cn2)c(F)cn1.O=C(CCc1cc(-c2cnc(C(F)(F)F)cn2)c(F)cn1)[C@@H]1C[C@@H](F)CN1S(=O)(=O)c1ccc(F)cc1. The van der Waals surface area contributed by atoms with E-state index >= 15 is 0 Å². The number of aryl methyl sites for hydroxylation is 1. The number of sulfonamides is 1. The minimum Gasteiger partial charge on any atom is -0.325 e. The van der Waals surface area contributed by atoms with Crippen molar-refractivity contribution >= 4 is 28.2 Å². The summed E-state index contributed by atoms with van der Waals surface area (Å²) in [6, 6.07) is 5.13. The van der Waals surface area contributed by atoms with E-state index < -0.39 is 75.8 Å². The second-order valence-electron chi connectivity index (χ2n) is 11.9. The predicted octanol–water partition coefficient (Wildman–Crippen LogP) is 6.72. The number of aromatic nitrogens is 6. The van der Waals surface area contributed by atoms with E-state index in [1.807, 2.05) is 0 Å². The largest absolute Gasteiger partial charge is 0.434 e. The van der Waals surface area contributed by atoms with E-state index in [1.54, 1.807) is 0 Å². The van der Waals surface area contributed by atoms with E-state index in [0.717, 1.165) is 53.4 Å². The van der Waals surface area contributed by atoms with Crippen LogP contribution >= 0.6 is 12.4 Å². The lowest BCUT2D eigenvalue weighted by Gasteiger charge is -2.22. The number of nitrogens with zero attached hydrogens (tertiary/aromatic N) is 7. The van der Waals surface area contributed by atoms with Gasteiger partial charge in [0, 0.05) is 42.8 Å². The molecule has 6 rings (SSSR count). The number of halogens is 11. The molecule has 2 atom stereocenters. The Labute approximate surface area is 322 Å². The second kappa shape index (κ2) is 17.9. The minimum absolute atomic E-state index is 0. The maximum Gasteiger partial charge on any atom is 0.434 e. The molecule has 23 heteroatoms. The molecule has 1 aliphatic rings. The van der Waals surface area contributed by atoms with Gasteiger partial charge in [-0.3, -0.25) is 24.7 Å². The molecule has 0 radical (unpaired) electrons. The van der Waals surface area contributed by atoms with Gasteiger partial charge in [0.2, 0.25) is 10.0 Å². The van der Waals surface area contributed by atoms with Crippen molar-refractivity contribution in [2.75, 3.05) is 6.54 Å². The average Bonchev–Trinajstić information content (AvgIpc) is 3.57. The topological polar surface area (TPSA) is 158 Å². The number of rotatable bonds is 9. The van der Waals surface area contributed by atoms with Crippen molar-refractivity contribution in [3.05, 3.63) is 114 Å². The molecule has 304 valence electrons. The molecule has 0 aliphatic carbocycles. The van der Waals surface area contributed by atoms with Gasteiger partial charge >= 0.3 is 12.4 Å². The monoisotopic (exact) mass is 852 g/mol. The molecule has 0 saturated carbocycles. The van der Waals surface area contributed by atoms with Crippen LogP contribution < -0.4 is 5.73 Å². The van der Waals surface area contributed by atoms with Crippen LogP contribution in [-0.2, 0) is 40.1 Å². The Morgan fingerprint density at radius 3 is 1.68 bits per heavy atom. The third-order valence-corrected chi connectivity index (χ3v) is 9.98. The maximum absolute atomic E-state index is 14.3. The van der Waals surface area contributed by atoms with Crippen LogP contribution in [0.15, 0.2) is 78.5 Å². The fraction of sp³-hybridized carbons (Fsp3) is 0.265. The van der Waals surface area contributed by atoms with Crippen LogP contribution in [0.25, 0.3) is 22.5 Å². The molecular formula is C34H27ClF10N8O3S. The zero-order valence-electron chi connectivity index (χ0n) is 28.6. The van der Waals surface area contributed by atoms with Crippen molar-refractivity contribution in [3.63, 3.8) is 0 Å². The molecule has 0 bridgehead atoms. The summed E-state index contributed by atoms with van der Waals surface area (Å²) in [6.07, 6.45) is -7.21. The Morgan fingerprint density at radius 1 is 0.737 bits per heavy atom. The highest BCUT2D eigenvalue weighted by Gasteiger charge is 2.44. The number of pyridine rings is 2. The first-order chi connectivity index (χ1) is 26.3. The average molecular weight is 853 g/mol. The zero-order chi connectivity index (χ0) is 41.0. The number of hydrogen-bond donors (Lipinski definition) is 1. The van der Waals surface area contributed by atoms with Gasteiger partial charge in [-0.25, -0.2) is 35.9 Å². The van der Waals surface area contributed by atoms with Crippen molar-refractivity contribution in [2.45, 2.75) is 55.3 Å². The van der Waals surface area contributed by atoms with Crippen LogP contribution in [0.5, 0.6) is 0 Å². The summed E-state index contributed by atoms with van der Waals surface area (Å²) in [7, 11) is -4.28. The van der Waals surface area contributed by atoms with E-state index in [-0.39, 0.29) is 71.3 Å². The number of benzene rings is 1. The molecule has 1 aliphatic heterocycles. The number of carbonyl (C=O) groups is 1. The van der Waals surface area contributed by atoms with Gasteiger partial charge in [-0.1, -0.05) is 0 Å². The van der Waals surface area contributed by atoms with Gasteiger partial charge < -0.3 is 5.73 Å². The van der Waals surface area contributed by atoms with Crippen LogP contribution in [-0.4, -0.2) is 67.2 Å². The third-order valence-electron chi connectivity index (χ3n) is 8.09. The molecule has 11 nitrogen and oxygen atoms in total. The van der Waals surface area contributed by atoms with E-state index in [4.69, 9.17) is 5.73 Å². The molecule has 0 unspecified atom stereocenters. The normalized spacial score (nSPS) is 16.1. The molecule has 4 aromatic heterocycles. The molecule has 0 amide bonds. The van der Waals surface area contributed by atoms with E-state index in [9.17, 15) is 57.1 Å². The van der Waals surface area contributed by atoms with Crippen molar-refractivity contribution in [1.29, 1.82) is 0 Å². The second-order valence-corrected chi connectivity index (χ2v) is 13.8. The van der Waals surface area contributed by atoms with Crippen molar-refractivity contribution in [3.8, 4) is 22.5 Å². The smallest absolute Gasteiger partial charge is 0.325 e. The van der Waals surface area contributed by atoms with E-state index in [1.165, 1.54) is 12.1 Å². The first-order valence-corrected chi connectivity index (χ1v) is 17.4. The Morgan fingerprint density at radius 2 is 1.23 bits per heavy atom. The fourth-order valence-corrected chi connectivity index (χ4v) is 6.95. The first-order valence-electron chi connectivity index (χ1n) is 16.0. The number of nitrogens with two attached hydrogens (primary N) is 1. The molecule has 1 aromatic carbocycles. The minimum atomic E-state index is -4.72. The van der Waals surface area contributed by atoms with Gasteiger partial charge in [-0.2, -0.15) is 30.6 Å². The highest BCUT2D eigenvalue weighted by atomic mass is 35.5. The number of ketones is 1. The summed E-state index contributed by atoms with van der Waals surface area (Å²) in [5.41, 5.74) is 3.17. The Bertz CT molecular complexity index is 2290. The van der Waals surface area contributed by atoms with Crippen LogP contribution in [0.2, 0.25) is 0 Å². The number of Topliss-reactive ketones (excluding diaryl/α,β-unsaturated/α-hetero) is 1. The molecule has 0 spiro atoms. The van der Waals surface area contributed by atoms with Gasteiger partial charge in [0.25, 0.3) is 0 Å². The summed E-state index contributed by atoms with van der Waals surface area (Å²) < 4.78 is 157. The Kier molecular flexibility index (Phi) is 14.0. The van der Waals surface area contributed by atoms with Crippen molar-refractivity contribution in [1.82, 2.24) is 34.2 Å². The summed E-state index contributed by atoms with van der Waals surface area (Å²) in [5.74, 6) is -2.85. The highest BCUT2D eigenvalue weighted by molar-refractivity contribution is 7.89. The van der Waals surface area contributed by atoms with Gasteiger partial charge in [0.1, 0.15) is 12.0 Å². The zero-order valence-corrected chi connectivity index (χ0v) is 30.3.